The van der Waals surface area contributed by atoms with E-state index < -0.39 is 11.7 Å². The first-order valence-electron chi connectivity index (χ1n) is 4.39. The summed E-state index contributed by atoms with van der Waals surface area (Å²) in [7, 11) is 0. The average molecular weight is 216 g/mol. The van der Waals surface area contributed by atoms with Gasteiger partial charge in [-0.2, -0.15) is 13.2 Å². The molecule has 15 heavy (non-hydrogen) atoms. The molecule has 0 aliphatic heterocycles. The van der Waals surface area contributed by atoms with Crippen LogP contribution in [-0.4, -0.2) is 6.61 Å². The Morgan fingerprint density at radius 1 is 1.20 bits per heavy atom. The highest BCUT2D eigenvalue weighted by molar-refractivity contribution is 5.24. The Hall–Kier alpha value is -1.29. The minimum atomic E-state index is -4.28. The maximum Gasteiger partial charge on any atom is 0.416 e. The summed E-state index contributed by atoms with van der Waals surface area (Å²) in [5.41, 5.74) is 0.0693. The van der Waals surface area contributed by atoms with E-state index >= 15 is 0 Å². The van der Waals surface area contributed by atoms with Gasteiger partial charge >= 0.3 is 6.18 Å². The van der Waals surface area contributed by atoms with Crippen LogP contribution in [0.15, 0.2) is 36.9 Å². The summed E-state index contributed by atoms with van der Waals surface area (Å²) in [5.74, 6) is 0. The van der Waals surface area contributed by atoms with Crippen molar-refractivity contribution >= 4 is 0 Å². The van der Waals surface area contributed by atoms with Crippen molar-refractivity contribution in [2.45, 2.75) is 12.8 Å². The lowest BCUT2D eigenvalue weighted by atomic mass is 10.1. The monoisotopic (exact) mass is 216 g/mol. The Morgan fingerprint density at radius 3 is 2.27 bits per heavy atom. The molecular weight excluding hydrogens is 205 g/mol. The van der Waals surface area contributed by atoms with E-state index in [0.29, 0.717) is 18.8 Å². The lowest BCUT2D eigenvalue weighted by Gasteiger charge is -2.07. The second-order valence-electron chi connectivity index (χ2n) is 3.00. The van der Waals surface area contributed by atoms with Crippen molar-refractivity contribution in [2.75, 3.05) is 6.61 Å². The minimum Gasteiger partial charge on any atom is -0.373 e. The van der Waals surface area contributed by atoms with Gasteiger partial charge in [0, 0.05) is 0 Å². The molecule has 0 unspecified atom stereocenters. The molecular formula is C11H11F3O. The molecule has 0 heterocycles. The first-order chi connectivity index (χ1) is 7.04. The standard InChI is InChI=1S/C11H11F3O/c1-2-7-15-8-9-3-5-10(6-4-9)11(12,13)14/h2-6H,1,7-8H2. The highest BCUT2D eigenvalue weighted by Crippen LogP contribution is 2.29. The van der Waals surface area contributed by atoms with Crippen LogP contribution < -0.4 is 0 Å². The molecule has 0 radical (unpaired) electrons. The fraction of sp³-hybridized carbons (Fsp3) is 0.273. The van der Waals surface area contributed by atoms with Crippen LogP contribution in [0.25, 0.3) is 0 Å². The zero-order valence-corrected chi connectivity index (χ0v) is 8.05. The molecule has 4 heteroatoms. The van der Waals surface area contributed by atoms with Crippen molar-refractivity contribution in [1.29, 1.82) is 0 Å². The van der Waals surface area contributed by atoms with Gasteiger partial charge in [0.1, 0.15) is 0 Å². The van der Waals surface area contributed by atoms with Gasteiger partial charge in [0.2, 0.25) is 0 Å². The van der Waals surface area contributed by atoms with Crippen molar-refractivity contribution in [3.63, 3.8) is 0 Å². The van der Waals surface area contributed by atoms with E-state index in [0.717, 1.165) is 12.1 Å². The molecule has 1 nitrogen and oxygen atoms in total. The molecule has 0 spiro atoms. The van der Waals surface area contributed by atoms with E-state index in [1.807, 2.05) is 0 Å². The summed E-state index contributed by atoms with van der Waals surface area (Å²) in [5, 5.41) is 0. The predicted octanol–water partition coefficient (Wildman–Crippen LogP) is 3.41. The third-order valence-electron chi connectivity index (χ3n) is 1.79. The van der Waals surface area contributed by atoms with E-state index in [4.69, 9.17) is 4.74 Å². The number of rotatable bonds is 4. The first-order valence-corrected chi connectivity index (χ1v) is 4.39. The average Bonchev–Trinajstić information content (AvgIpc) is 2.18. The number of alkyl halides is 3. The SMILES string of the molecule is C=CCOCc1ccc(C(F)(F)F)cc1. The second kappa shape index (κ2) is 4.98. The minimum absolute atomic E-state index is 0.296. The number of ether oxygens (including phenoxy) is 1. The summed E-state index contributed by atoms with van der Waals surface area (Å²) >= 11 is 0. The fourth-order valence-electron chi connectivity index (χ4n) is 1.05. The van der Waals surface area contributed by atoms with Gasteiger partial charge in [-0.3, -0.25) is 0 Å². The van der Waals surface area contributed by atoms with Crippen LogP contribution in [0.1, 0.15) is 11.1 Å². The van der Waals surface area contributed by atoms with Crippen molar-refractivity contribution in [3.05, 3.63) is 48.0 Å². The molecule has 0 bridgehead atoms. The van der Waals surface area contributed by atoms with Crippen molar-refractivity contribution in [1.82, 2.24) is 0 Å². The summed E-state index contributed by atoms with van der Waals surface area (Å²) in [6.07, 6.45) is -2.69. The van der Waals surface area contributed by atoms with Crippen LogP contribution in [0.2, 0.25) is 0 Å². The van der Waals surface area contributed by atoms with E-state index in [1.165, 1.54) is 12.1 Å². The molecule has 0 saturated carbocycles. The predicted molar refractivity (Wildman–Crippen MR) is 51.3 cm³/mol. The zero-order chi connectivity index (χ0) is 11.3. The summed E-state index contributed by atoms with van der Waals surface area (Å²) in [6.45, 7) is 4.15. The molecule has 0 aromatic heterocycles. The van der Waals surface area contributed by atoms with Crippen molar-refractivity contribution in [2.24, 2.45) is 0 Å². The molecule has 1 rings (SSSR count). The quantitative estimate of drug-likeness (QED) is 0.553. The Balaban J connectivity index is 2.60. The van der Waals surface area contributed by atoms with E-state index in [2.05, 4.69) is 6.58 Å². The van der Waals surface area contributed by atoms with Gasteiger partial charge in [0.15, 0.2) is 0 Å². The third kappa shape index (κ3) is 3.75. The molecule has 1 aromatic carbocycles. The summed E-state index contributed by atoms with van der Waals surface area (Å²) in [6, 6.07) is 4.91. The molecule has 0 N–H and O–H groups in total. The maximum atomic E-state index is 12.2. The molecule has 0 atom stereocenters. The van der Waals surface area contributed by atoms with Gasteiger partial charge in [0.05, 0.1) is 18.8 Å². The molecule has 0 saturated heterocycles. The summed E-state index contributed by atoms with van der Waals surface area (Å²) in [4.78, 5) is 0. The van der Waals surface area contributed by atoms with E-state index in [9.17, 15) is 13.2 Å². The lowest BCUT2D eigenvalue weighted by molar-refractivity contribution is -0.137. The fourth-order valence-corrected chi connectivity index (χ4v) is 1.05. The summed E-state index contributed by atoms with van der Waals surface area (Å²) < 4.78 is 41.6. The van der Waals surface area contributed by atoms with Gasteiger partial charge in [-0.1, -0.05) is 18.2 Å². The zero-order valence-electron chi connectivity index (χ0n) is 8.05. The molecule has 82 valence electrons. The molecule has 0 aliphatic carbocycles. The lowest BCUT2D eigenvalue weighted by Crippen LogP contribution is -2.04. The molecule has 0 fully saturated rings. The van der Waals surface area contributed by atoms with Gasteiger partial charge in [0.25, 0.3) is 0 Å². The molecule has 0 amide bonds. The van der Waals surface area contributed by atoms with Crippen LogP contribution >= 0.6 is 0 Å². The van der Waals surface area contributed by atoms with Gasteiger partial charge in [-0.05, 0) is 17.7 Å². The number of hydrogen-bond acceptors (Lipinski definition) is 1. The number of hydrogen-bond donors (Lipinski definition) is 0. The van der Waals surface area contributed by atoms with Crippen LogP contribution in [0.3, 0.4) is 0 Å². The number of halogens is 3. The second-order valence-corrected chi connectivity index (χ2v) is 3.00. The normalized spacial score (nSPS) is 11.4. The number of benzene rings is 1. The van der Waals surface area contributed by atoms with Crippen LogP contribution in [0.4, 0.5) is 13.2 Å². The Kier molecular flexibility index (Phi) is 3.91. The van der Waals surface area contributed by atoms with Crippen LogP contribution in [-0.2, 0) is 17.5 Å². The molecule has 0 aliphatic rings. The van der Waals surface area contributed by atoms with E-state index in [-0.39, 0.29) is 0 Å². The Bertz CT molecular complexity index is 314. The van der Waals surface area contributed by atoms with E-state index in [1.54, 1.807) is 6.08 Å². The van der Waals surface area contributed by atoms with Gasteiger partial charge in [-0.25, -0.2) is 0 Å². The highest BCUT2D eigenvalue weighted by atomic mass is 19.4. The smallest absolute Gasteiger partial charge is 0.373 e. The highest BCUT2D eigenvalue weighted by Gasteiger charge is 2.29. The first kappa shape index (κ1) is 11.8. The Morgan fingerprint density at radius 2 is 1.80 bits per heavy atom. The van der Waals surface area contributed by atoms with Gasteiger partial charge < -0.3 is 4.74 Å². The molecule has 1 aromatic rings. The van der Waals surface area contributed by atoms with Crippen molar-refractivity contribution in [3.8, 4) is 0 Å². The Labute approximate surface area is 86.2 Å². The van der Waals surface area contributed by atoms with Crippen LogP contribution in [0.5, 0.6) is 0 Å². The van der Waals surface area contributed by atoms with Crippen molar-refractivity contribution < 1.29 is 17.9 Å². The van der Waals surface area contributed by atoms with Crippen LogP contribution in [0, 0.1) is 0 Å². The third-order valence-corrected chi connectivity index (χ3v) is 1.79. The largest absolute Gasteiger partial charge is 0.416 e. The topological polar surface area (TPSA) is 9.23 Å². The maximum absolute atomic E-state index is 12.2. The van der Waals surface area contributed by atoms with Gasteiger partial charge in [-0.15, -0.1) is 6.58 Å².